The summed E-state index contributed by atoms with van der Waals surface area (Å²) in [5, 5.41) is 5.64. The van der Waals surface area contributed by atoms with Gasteiger partial charge in [0.25, 0.3) is 0 Å². The third-order valence-corrected chi connectivity index (χ3v) is 7.96. The molecule has 0 aliphatic carbocycles. The molecule has 2 heterocycles. The van der Waals surface area contributed by atoms with Crippen LogP contribution in [0.5, 0.6) is 0 Å². The summed E-state index contributed by atoms with van der Waals surface area (Å²) in [6, 6.07) is 11.4. The summed E-state index contributed by atoms with van der Waals surface area (Å²) in [5.41, 5.74) is 0.718. The molecule has 4 rings (SSSR count). The molecule has 1 aliphatic rings. The molecule has 1 amide bonds. The Balaban J connectivity index is 1.50. The average Bonchev–Trinajstić information content (AvgIpc) is 3.38. The number of alkyl halides is 3. The molecule has 7 nitrogen and oxygen atoms in total. The molecule has 1 atom stereocenters. The minimum Gasteiger partial charge on any atom is -0.373 e. The van der Waals surface area contributed by atoms with Crippen molar-refractivity contribution in [2.45, 2.75) is 36.5 Å². The molecule has 12 heteroatoms. The van der Waals surface area contributed by atoms with Crippen LogP contribution in [0.25, 0.3) is 11.3 Å². The normalized spacial score (nSPS) is 16.5. The third-order valence-electron chi connectivity index (χ3n) is 6.04. The van der Waals surface area contributed by atoms with E-state index in [1.165, 1.54) is 12.1 Å². The Morgan fingerprint density at radius 3 is 2.38 bits per heavy atom. The van der Waals surface area contributed by atoms with Crippen LogP contribution >= 0.6 is 0 Å². The summed E-state index contributed by atoms with van der Waals surface area (Å²) >= 11 is 0. The fourth-order valence-corrected chi connectivity index (χ4v) is 5.79. The van der Waals surface area contributed by atoms with Gasteiger partial charge in [-0.15, -0.1) is 0 Å². The maximum atomic E-state index is 13.2. The number of carbonyl (C=O) groups is 1. The second kappa shape index (κ2) is 10.5. The molecule has 196 valence electrons. The Hall–Kier alpha value is -3.51. The molecule has 1 unspecified atom stereocenters. The summed E-state index contributed by atoms with van der Waals surface area (Å²) in [7, 11) is -2.36. The molecular weight excluding hydrogens is 512 g/mol. The van der Waals surface area contributed by atoms with Crippen LogP contribution in [0.3, 0.4) is 0 Å². The first-order chi connectivity index (χ1) is 17.5. The number of anilines is 1. The smallest absolute Gasteiger partial charge is 0.373 e. The maximum Gasteiger partial charge on any atom is 0.416 e. The number of nitrogens with one attached hydrogen (secondary N) is 2. The average molecular weight is 537 g/mol. The van der Waals surface area contributed by atoms with E-state index in [1.807, 2.05) is 0 Å². The molecule has 3 aromatic rings. The van der Waals surface area contributed by atoms with Gasteiger partial charge in [0, 0.05) is 25.7 Å². The van der Waals surface area contributed by atoms with Crippen molar-refractivity contribution in [1.82, 2.24) is 14.6 Å². The Kier molecular flexibility index (Phi) is 7.51. The van der Waals surface area contributed by atoms with Gasteiger partial charge in [-0.05, 0) is 66.9 Å². The molecule has 0 radical (unpaired) electrons. The molecular formula is C25H24F4N4O3S. The first-order valence-electron chi connectivity index (χ1n) is 11.4. The molecule has 0 spiro atoms. The van der Waals surface area contributed by atoms with E-state index < -0.39 is 39.5 Å². The number of amides is 1. The van der Waals surface area contributed by atoms with Crippen molar-refractivity contribution in [2.24, 2.45) is 0 Å². The largest absolute Gasteiger partial charge is 0.416 e. The molecule has 0 saturated carbocycles. The number of nitrogens with zero attached hydrogens (tertiary/aromatic N) is 2. The van der Waals surface area contributed by atoms with E-state index in [-0.39, 0.29) is 18.0 Å². The van der Waals surface area contributed by atoms with Gasteiger partial charge in [0.1, 0.15) is 17.7 Å². The highest BCUT2D eigenvalue weighted by Gasteiger charge is 2.39. The molecule has 0 bridgehead atoms. The Morgan fingerprint density at radius 1 is 1.08 bits per heavy atom. The van der Waals surface area contributed by atoms with Crippen LogP contribution in [0.15, 0.2) is 65.6 Å². The second-order valence-electron chi connectivity index (χ2n) is 8.52. The Labute approximate surface area is 211 Å². The van der Waals surface area contributed by atoms with Crippen LogP contribution in [0, 0.1) is 5.82 Å². The van der Waals surface area contributed by atoms with E-state index in [2.05, 4.69) is 15.6 Å². The minimum absolute atomic E-state index is 0.0462. The number of sulfonamides is 1. The number of aromatic nitrogens is 1. The van der Waals surface area contributed by atoms with E-state index >= 15 is 0 Å². The van der Waals surface area contributed by atoms with Crippen molar-refractivity contribution >= 4 is 21.7 Å². The first-order valence-corrected chi connectivity index (χ1v) is 12.8. The zero-order valence-corrected chi connectivity index (χ0v) is 20.5. The molecule has 2 N–H and O–H groups in total. The molecule has 1 aromatic heterocycles. The minimum atomic E-state index is -4.45. The number of rotatable bonds is 7. The van der Waals surface area contributed by atoms with Crippen molar-refractivity contribution in [1.29, 1.82) is 0 Å². The van der Waals surface area contributed by atoms with Gasteiger partial charge in [-0.2, -0.15) is 17.5 Å². The summed E-state index contributed by atoms with van der Waals surface area (Å²) < 4.78 is 79.2. The molecule has 1 fully saturated rings. The van der Waals surface area contributed by atoms with Crippen molar-refractivity contribution in [2.75, 3.05) is 18.9 Å². The van der Waals surface area contributed by atoms with Crippen LogP contribution in [0.1, 0.15) is 24.0 Å². The van der Waals surface area contributed by atoms with Gasteiger partial charge < -0.3 is 10.6 Å². The highest BCUT2D eigenvalue weighted by atomic mass is 32.2. The quantitative estimate of drug-likeness (QED) is 0.437. The summed E-state index contributed by atoms with van der Waals surface area (Å²) in [5.74, 6) is -0.603. The Morgan fingerprint density at radius 2 is 1.76 bits per heavy atom. The predicted octanol–water partition coefficient (Wildman–Crippen LogP) is 4.42. The lowest BCUT2D eigenvalue weighted by Gasteiger charge is -2.23. The lowest BCUT2D eigenvalue weighted by atomic mass is 10.1. The van der Waals surface area contributed by atoms with E-state index in [0.717, 1.165) is 40.7 Å². The zero-order valence-electron chi connectivity index (χ0n) is 19.7. The third kappa shape index (κ3) is 5.91. The lowest BCUT2D eigenvalue weighted by molar-refractivity contribution is -0.137. The van der Waals surface area contributed by atoms with Gasteiger partial charge in [0.05, 0.1) is 16.2 Å². The van der Waals surface area contributed by atoms with Gasteiger partial charge in [0.15, 0.2) is 0 Å². The highest BCUT2D eigenvalue weighted by Crippen LogP contribution is 2.31. The van der Waals surface area contributed by atoms with Gasteiger partial charge in [-0.25, -0.2) is 17.8 Å². The van der Waals surface area contributed by atoms with E-state index in [1.54, 1.807) is 19.2 Å². The van der Waals surface area contributed by atoms with Crippen molar-refractivity contribution in [3.63, 3.8) is 0 Å². The number of carbonyl (C=O) groups excluding carboxylic acids is 1. The first kappa shape index (κ1) is 26.6. The highest BCUT2D eigenvalue weighted by molar-refractivity contribution is 7.89. The van der Waals surface area contributed by atoms with Gasteiger partial charge in [-0.1, -0.05) is 12.1 Å². The van der Waals surface area contributed by atoms with Crippen LogP contribution in [-0.4, -0.2) is 43.2 Å². The van der Waals surface area contributed by atoms with Crippen LogP contribution in [0.2, 0.25) is 0 Å². The molecule has 1 aliphatic heterocycles. The predicted molar refractivity (Wildman–Crippen MR) is 129 cm³/mol. The van der Waals surface area contributed by atoms with E-state index in [0.29, 0.717) is 35.5 Å². The number of benzene rings is 2. The summed E-state index contributed by atoms with van der Waals surface area (Å²) in [6.07, 6.45) is -3.62. The number of hydrogen-bond acceptors (Lipinski definition) is 5. The molecule has 1 saturated heterocycles. The fraction of sp³-hybridized carbons (Fsp3) is 0.280. The van der Waals surface area contributed by atoms with Crippen molar-refractivity contribution in [3.8, 4) is 11.3 Å². The van der Waals surface area contributed by atoms with Gasteiger partial charge in [0.2, 0.25) is 15.9 Å². The number of pyridine rings is 1. The molecule has 2 aromatic carbocycles. The van der Waals surface area contributed by atoms with E-state index in [4.69, 9.17) is 0 Å². The van der Waals surface area contributed by atoms with Crippen molar-refractivity contribution < 1.29 is 30.8 Å². The second-order valence-corrected chi connectivity index (χ2v) is 10.4. The van der Waals surface area contributed by atoms with Crippen LogP contribution < -0.4 is 10.6 Å². The fourth-order valence-electron chi connectivity index (χ4n) is 4.13. The maximum absolute atomic E-state index is 13.2. The monoisotopic (exact) mass is 536 g/mol. The molecule has 37 heavy (non-hydrogen) atoms. The standard InChI is InChI=1S/C25H24F4N4O3S/c1-30-23-14-16(13-21(32-23)17-4-6-18(7-5-17)25(27,28)29)15-31-24(34)22-3-2-12-33(22)37(35,36)20-10-8-19(26)9-11-20/h4-11,13-14,22H,2-3,12,15H2,1H3,(H,30,32)(H,31,34). The Bertz CT molecular complexity index is 1380. The van der Waals surface area contributed by atoms with Crippen molar-refractivity contribution in [3.05, 3.63) is 77.6 Å². The SMILES string of the molecule is CNc1cc(CNC(=O)C2CCCN2S(=O)(=O)c2ccc(F)cc2)cc(-c2ccc(C(F)(F)F)cc2)n1. The zero-order chi connectivity index (χ0) is 26.8. The summed E-state index contributed by atoms with van der Waals surface area (Å²) in [6.45, 7) is 0.208. The van der Waals surface area contributed by atoms with Gasteiger partial charge >= 0.3 is 6.18 Å². The summed E-state index contributed by atoms with van der Waals surface area (Å²) in [4.78, 5) is 17.3. The number of hydrogen-bond donors (Lipinski definition) is 2. The topological polar surface area (TPSA) is 91.4 Å². The number of halogens is 4. The van der Waals surface area contributed by atoms with Crippen LogP contribution in [-0.2, 0) is 27.5 Å². The van der Waals surface area contributed by atoms with E-state index in [9.17, 15) is 30.8 Å². The van der Waals surface area contributed by atoms with Crippen LogP contribution in [0.4, 0.5) is 23.4 Å². The van der Waals surface area contributed by atoms with Gasteiger partial charge in [-0.3, -0.25) is 4.79 Å². The lowest BCUT2D eigenvalue weighted by Crippen LogP contribution is -2.45.